The first-order chi connectivity index (χ1) is 9.71. The summed E-state index contributed by atoms with van der Waals surface area (Å²) >= 11 is 0. The third kappa shape index (κ3) is 6.16. The highest BCUT2D eigenvalue weighted by Crippen LogP contribution is 2.11. The van der Waals surface area contributed by atoms with E-state index in [-0.39, 0.29) is 6.42 Å². The molecule has 6 heteroatoms. The lowest BCUT2D eigenvalue weighted by molar-refractivity contribution is -0.139. The summed E-state index contributed by atoms with van der Waals surface area (Å²) in [4.78, 5) is 22.9. The molecule has 1 aromatic carbocycles. The molecule has 0 aliphatic heterocycles. The molecular weight excluding hydrogens is 272 g/mol. The van der Waals surface area contributed by atoms with Crippen LogP contribution in [0.4, 0.5) is 10.5 Å². The van der Waals surface area contributed by atoms with Crippen LogP contribution in [0.25, 0.3) is 0 Å². The summed E-state index contributed by atoms with van der Waals surface area (Å²) in [6.45, 7) is 5.16. The smallest absolute Gasteiger partial charge is 0.408 e. The highest BCUT2D eigenvalue weighted by Gasteiger charge is 2.24. The fourth-order valence-corrected chi connectivity index (χ4v) is 1.69. The molecule has 0 heterocycles. The number of rotatable bonds is 5. The van der Waals surface area contributed by atoms with Gasteiger partial charge in [0.1, 0.15) is 11.6 Å². The Morgan fingerprint density at radius 1 is 1.24 bits per heavy atom. The van der Waals surface area contributed by atoms with Gasteiger partial charge in [0.15, 0.2) is 0 Å². The van der Waals surface area contributed by atoms with E-state index < -0.39 is 23.7 Å². The summed E-state index contributed by atoms with van der Waals surface area (Å²) < 4.78 is 5.07. The molecule has 0 fully saturated rings. The molecule has 0 saturated carbocycles. The molecule has 1 aromatic rings. The van der Waals surface area contributed by atoms with Crippen molar-refractivity contribution in [3.8, 4) is 0 Å². The van der Waals surface area contributed by atoms with Crippen LogP contribution in [0.15, 0.2) is 24.3 Å². The normalized spacial score (nSPS) is 12.4. The van der Waals surface area contributed by atoms with Crippen LogP contribution in [-0.2, 0) is 16.0 Å². The molecule has 0 saturated heterocycles. The number of carboxylic acids is 1. The molecule has 6 nitrogen and oxygen atoms in total. The van der Waals surface area contributed by atoms with Gasteiger partial charge in [-0.05, 0) is 38.5 Å². The van der Waals surface area contributed by atoms with Crippen molar-refractivity contribution in [2.75, 3.05) is 12.4 Å². The lowest BCUT2D eigenvalue weighted by Crippen LogP contribution is -2.44. The van der Waals surface area contributed by atoms with Crippen LogP contribution in [0.2, 0.25) is 0 Å². The number of hydrogen-bond donors (Lipinski definition) is 3. The van der Waals surface area contributed by atoms with Gasteiger partial charge >= 0.3 is 12.1 Å². The van der Waals surface area contributed by atoms with Crippen molar-refractivity contribution in [3.63, 3.8) is 0 Å². The van der Waals surface area contributed by atoms with Crippen LogP contribution in [0, 0.1) is 0 Å². The average Bonchev–Trinajstić information content (AvgIpc) is 2.36. The summed E-state index contributed by atoms with van der Waals surface area (Å²) in [5, 5.41) is 14.6. The maximum atomic E-state index is 11.7. The Morgan fingerprint density at radius 3 is 2.24 bits per heavy atom. The number of aliphatic carboxylic acids is 1. The minimum absolute atomic E-state index is 0.193. The molecular formula is C15H22N2O4. The molecule has 3 N–H and O–H groups in total. The topological polar surface area (TPSA) is 87.7 Å². The van der Waals surface area contributed by atoms with Gasteiger partial charge in [0.05, 0.1) is 0 Å². The zero-order valence-electron chi connectivity index (χ0n) is 12.8. The number of alkyl carbamates (subject to hydrolysis) is 1. The van der Waals surface area contributed by atoms with Gasteiger partial charge in [0.2, 0.25) is 0 Å². The van der Waals surface area contributed by atoms with Crippen molar-refractivity contribution in [2.24, 2.45) is 0 Å². The van der Waals surface area contributed by atoms with Crippen LogP contribution in [0.5, 0.6) is 0 Å². The van der Waals surface area contributed by atoms with Crippen molar-refractivity contribution in [1.29, 1.82) is 0 Å². The first kappa shape index (κ1) is 16.8. The van der Waals surface area contributed by atoms with E-state index in [4.69, 9.17) is 4.74 Å². The van der Waals surface area contributed by atoms with E-state index in [1.54, 1.807) is 27.8 Å². The van der Waals surface area contributed by atoms with Crippen LogP contribution >= 0.6 is 0 Å². The van der Waals surface area contributed by atoms with Gasteiger partial charge in [-0.3, -0.25) is 0 Å². The van der Waals surface area contributed by atoms with E-state index in [0.29, 0.717) is 0 Å². The van der Waals surface area contributed by atoms with Crippen LogP contribution < -0.4 is 10.6 Å². The first-order valence-electron chi connectivity index (χ1n) is 6.70. The molecule has 21 heavy (non-hydrogen) atoms. The van der Waals surface area contributed by atoms with Gasteiger partial charge in [0.25, 0.3) is 0 Å². The van der Waals surface area contributed by atoms with Crippen molar-refractivity contribution >= 4 is 17.7 Å². The molecule has 116 valence electrons. The standard InChI is InChI=1S/C15H22N2O4/c1-15(2,3)21-14(20)17-12(13(18)19)9-10-5-7-11(16-4)8-6-10/h5-8,12,16H,9H2,1-4H3,(H,17,20)(H,18,19)/t12-/m0/s1. The SMILES string of the molecule is CNc1ccc(C[C@H](NC(=O)OC(C)(C)C)C(=O)O)cc1. The number of hydrogen-bond acceptors (Lipinski definition) is 4. The van der Waals surface area contributed by atoms with Crippen LogP contribution in [0.3, 0.4) is 0 Å². The number of benzene rings is 1. The van der Waals surface area contributed by atoms with Gasteiger partial charge in [-0.25, -0.2) is 9.59 Å². The van der Waals surface area contributed by atoms with Gasteiger partial charge in [-0.15, -0.1) is 0 Å². The van der Waals surface area contributed by atoms with Gasteiger partial charge in [-0.1, -0.05) is 12.1 Å². The lowest BCUT2D eigenvalue weighted by atomic mass is 10.1. The van der Waals surface area contributed by atoms with E-state index in [0.717, 1.165) is 11.3 Å². The molecule has 0 radical (unpaired) electrons. The summed E-state index contributed by atoms with van der Waals surface area (Å²) in [6, 6.07) is 6.31. The number of carbonyl (C=O) groups excluding carboxylic acids is 1. The van der Waals surface area contributed by atoms with Crippen molar-refractivity contribution in [1.82, 2.24) is 5.32 Å². The second-order valence-electron chi connectivity index (χ2n) is 5.69. The van der Waals surface area contributed by atoms with Crippen molar-refractivity contribution < 1.29 is 19.4 Å². The summed E-state index contributed by atoms with van der Waals surface area (Å²) in [6.07, 6.45) is -0.541. The Kier molecular flexibility index (Phi) is 5.58. The average molecular weight is 294 g/mol. The molecule has 0 aliphatic carbocycles. The van der Waals surface area contributed by atoms with E-state index in [9.17, 15) is 14.7 Å². The van der Waals surface area contributed by atoms with E-state index in [2.05, 4.69) is 10.6 Å². The molecule has 0 aromatic heterocycles. The Hall–Kier alpha value is -2.24. The predicted molar refractivity (Wildman–Crippen MR) is 80.5 cm³/mol. The molecule has 1 atom stereocenters. The number of anilines is 1. The van der Waals surface area contributed by atoms with Gasteiger partial charge < -0.3 is 20.5 Å². The molecule has 1 rings (SSSR count). The Bertz CT molecular complexity index is 491. The second kappa shape index (κ2) is 6.97. The quantitative estimate of drug-likeness (QED) is 0.775. The molecule has 1 amide bonds. The molecule has 0 aliphatic rings. The number of nitrogens with one attached hydrogen (secondary N) is 2. The minimum Gasteiger partial charge on any atom is -0.480 e. The van der Waals surface area contributed by atoms with Crippen LogP contribution in [-0.4, -0.2) is 35.9 Å². The maximum absolute atomic E-state index is 11.7. The predicted octanol–water partition coefficient (Wildman–Crippen LogP) is 2.25. The van der Waals surface area contributed by atoms with Gasteiger partial charge in [0, 0.05) is 19.2 Å². The highest BCUT2D eigenvalue weighted by molar-refractivity contribution is 5.80. The molecule has 0 bridgehead atoms. The Morgan fingerprint density at radius 2 is 1.81 bits per heavy atom. The third-order valence-electron chi connectivity index (χ3n) is 2.67. The number of ether oxygens (including phenoxy) is 1. The molecule has 0 unspecified atom stereocenters. The monoisotopic (exact) mass is 294 g/mol. The van der Waals surface area contributed by atoms with E-state index >= 15 is 0 Å². The van der Waals surface area contributed by atoms with E-state index in [1.807, 2.05) is 24.3 Å². The zero-order chi connectivity index (χ0) is 16.0. The lowest BCUT2D eigenvalue weighted by Gasteiger charge is -2.22. The fraction of sp³-hybridized carbons (Fsp3) is 0.467. The largest absolute Gasteiger partial charge is 0.480 e. The van der Waals surface area contributed by atoms with Crippen molar-refractivity contribution in [3.05, 3.63) is 29.8 Å². The molecule has 0 spiro atoms. The third-order valence-corrected chi connectivity index (χ3v) is 2.67. The Balaban J connectivity index is 2.69. The summed E-state index contributed by atoms with van der Waals surface area (Å²) in [5.74, 6) is -1.10. The number of amides is 1. The number of carboxylic acid groups (broad SMARTS) is 1. The maximum Gasteiger partial charge on any atom is 0.408 e. The van der Waals surface area contributed by atoms with Crippen molar-refractivity contribution in [2.45, 2.75) is 38.8 Å². The van der Waals surface area contributed by atoms with E-state index in [1.165, 1.54) is 0 Å². The Labute approximate surface area is 124 Å². The number of carbonyl (C=O) groups is 2. The van der Waals surface area contributed by atoms with Crippen LogP contribution in [0.1, 0.15) is 26.3 Å². The highest BCUT2D eigenvalue weighted by atomic mass is 16.6. The fourth-order valence-electron chi connectivity index (χ4n) is 1.69. The zero-order valence-corrected chi connectivity index (χ0v) is 12.8. The summed E-state index contributed by atoms with van der Waals surface area (Å²) in [7, 11) is 1.80. The van der Waals surface area contributed by atoms with Gasteiger partial charge in [-0.2, -0.15) is 0 Å². The summed E-state index contributed by atoms with van der Waals surface area (Å²) in [5.41, 5.74) is 1.09. The first-order valence-corrected chi connectivity index (χ1v) is 6.70. The second-order valence-corrected chi connectivity index (χ2v) is 5.69. The minimum atomic E-state index is -1.10.